The van der Waals surface area contributed by atoms with Gasteiger partial charge in [-0.15, -0.1) is 0 Å². The average molecular weight is 228 g/mol. The number of nitrogens with zero attached hydrogens (tertiary/aromatic N) is 1. The Kier molecular flexibility index (Phi) is 3.70. The van der Waals surface area contributed by atoms with Crippen molar-refractivity contribution in [2.24, 2.45) is 0 Å². The van der Waals surface area contributed by atoms with Crippen molar-refractivity contribution in [1.82, 2.24) is 9.97 Å². The number of nitrogens with one attached hydrogen (secondary N) is 1. The molecule has 3 heteroatoms. The van der Waals surface area contributed by atoms with Crippen LogP contribution in [0.25, 0.3) is 0 Å². The van der Waals surface area contributed by atoms with Crippen LogP contribution in [0.5, 0.6) is 0 Å². The Morgan fingerprint density at radius 2 is 1.94 bits per heavy atom. The maximum atomic E-state index is 11.6. The van der Waals surface area contributed by atoms with Gasteiger partial charge in [0.1, 0.15) is 5.82 Å². The molecule has 0 fully saturated rings. The molecule has 0 radical (unpaired) electrons. The molecule has 0 unspecified atom stereocenters. The Balaban J connectivity index is 1.93. The van der Waals surface area contributed by atoms with Gasteiger partial charge in [-0.1, -0.05) is 30.3 Å². The summed E-state index contributed by atoms with van der Waals surface area (Å²) in [6, 6.07) is 10.3. The van der Waals surface area contributed by atoms with Crippen molar-refractivity contribution >= 4 is 0 Å². The molecule has 0 aliphatic heterocycles. The fourth-order valence-electron chi connectivity index (χ4n) is 1.82. The third-order valence-corrected chi connectivity index (χ3v) is 2.75. The highest BCUT2D eigenvalue weighted by Gasteiger charge is 2.00. The Morgan fingerprint density at radius 1 is 1.18 bits per heavy atom. The fourth-order valence-corrected chi connectivity index (χ4v) is 1.82. The lowest BCUT2D eigenvalue weighted by molar-refractivity contribution is 0.799. The third-order valence-electron chi connectivity index (χ3n) is 2.75. The number of aryl methyl sites for hydroxylation is 3. The maximum absolute atomic E-state index is 11.6. The van der Waals surface area contributed by atoms with E-state index < -0.39 is 0 Å². The molecular weight excluding hydrogens is 212 g/mol. The molecule has 2 rings (SSSR count). The van der Waals surface area contributed by atoms with Crippen molar-refractivity contribution in [2.45, 2.75) is 26.2 Å². The summed E-state index contributed by atoms with van der Waals surface area (Å²) in [7, 11) is 0. The topological polar surface area (TPSA) is 45.8 Å². The van der Waals surface area contributed by atoms with Crippen molar-refractivity contribution < 1.29 is 0 Å². The minimum Gasteiger partial charge on any atom is -0.311 e. The minimum absolute atomic E-state index is 0.00874. The monoisotopic (exact) mass is 228 g/mol. The van der Waals surface area contributed by atoms with Crippen LogP contribution in [0, 0.1) is 6.92 Å². The zero-order chi connectivity index (χ0) is 12.1. The second kappa shape index (κ2) is 5.43. The van der Waals surface area contributed by atoms with Crippen LogP contribution in [0.3, 0.4) is 0 Å². The molecule has 0 aliphatic carbocycles. The van der Waals surface area contributed by atoms with Gasteiger partial charge in [0.05, 0.1) is 0 Å². The van der Waals surface area contributed by atoms with Gasteiger partial charge in [-0.05, 0) is 31.7 Å². The van der Waals surface area contributed by atoms with Gasteiger partial charge in [0.15, 0.2) is 0 Å². The number of hydrogen-bond acceptors (Lipinski definition) is 2. The highest BCUT2D eigenvalue weighted by atomic mass is 16.1. The number of aromatic amines is 1. The van der Waals surface area contributed by atoms with E-state index >= 15 is 0 Å². The molecule has 0 amide bonds. The molecule has 0 atom stereocenters. The first-order valence-electron chi connectivity index (χ1n) is 5.84. The smallest absolute Gasteiger partial charge is 0.254 e. The predicted molar refractivity (Wildman–Crippen MR) is 68.1 cm³/mol. The molecule has 17 heavy (non-hydrogen) atoms. The second-order valence-corrected chi connectivity index (χ2v) is 4.16. The molecule has 1 heterocycles. The van der Waals surface area contributed by atoms with E-state index in [1.165, 1.54) is 5.56 Å². The van der Waals surface area contributed by atoms with Crippen LogP contribution in [0.4, 0.5) is 0 Å². The lowest BCUT2D eigenvalue weighted by atomic mass is 10.1. The van der Waals surface area contributed by atoms with Gasteiger partial charge in [0.25, 0.3) is 5.56 Å². The molecule has 0 bridgehead atoms. The van der Waals surface area contributed by atoms with Crippen molar-refractivity contribution in [3.8, 4) is 0 Å². The van der Waals surface area contributed by atoms with Gasteiger partial charge < -0.3 is 4.98 Å². The fraction of sp³-hybridized carbons (Fsp3) is 0.286. The normalized spacial score (nSPS) is 10.4. The summed E-state index contributed by atoms with van der Waals surface area (Å²) in [4.78, 5) is 18.4. The molecule has 3 nitrogen and oxygen atoms in total. The van der Waals surface area contributed by atoms with Crippen LogP contribution in [-0.4, -0.2) is 9.97 Å². The number of benzene rings is 1. The highest BCUT2D eigenvalue weighted by Crippen LogP contribution is 2.05. The van der Waals surface area contributed by atoms with E-state index in [0.717, 1.165) is 24.8 Å². The van der Waals surface area contributed by atoms with Crippen LogP contribution in [-0.2, 0) is 12.8 Å². The third kappa shape index (κ3) is 3.28. The van der Waals surface area contributed by atoms with E-state index in [2.05, 4.69) is 22.1 Å². The van der Waals surface area contributed by atoms with Crippen molar-refractivity contribution in [3.63, 3.8) is 0 Å². The van der Waals surface area contributed by atoms with E-state index in [4.69, 9.17) is 0 Å². The summed E-state index contributed by atoms with van der Waals surface area (Å²) in [6.07, 6.45) is 4.42. The van der Waals surface area contributed by atoms with E-state index in [9.17, 15) is 4.79 Å². The Hall–Kier alpha value is -1.90. The highest BCUT2D eigenvalue weighted by molar-refractivity contribution is 5.15. The first kappa shape index (κ1) is 11.6. The number of rotatable bonds is 4. The van der Waals surface area contributed by atoms with E-state index in [0.29, 0.717) is 5.82 Å². The molecule has 0 aliphatic rings. The van der Waals surface area contributed by atoms with Crippen LogP contribution in [0.15, 0.2) is 41.3 Å². The summed E-state index contributed by atoms with van der Waals surface area (Å²) in [5.41, 5.74) is 2.07. The Morgan fingerprint density at radius 3 is 2.65 bits per heavy atom. The van der Waals surface area contributed by atoms with Crippen LogP contribution in [0.1, 0.15) is 23.4 Å². The number of H-pyrrole nitrogens is 1. The Bertz CT molecular complexity index is 531. The molecular formula is C14H16N2O. The van der Waals surface area contributed by atoms with E-state index in [1.807, 2.05) is 18.2 Å². The molecule has 1 aromatic carbocycles. The largest absolute Gasteiger partial charge is 0.311 e. The molecule has 0 saturated carbocycles. The standard InChI is InChI=1S/C14H16N2O/c1-11-15-10-13(14(17)16-11)9-5-8-12-6-3-2-4-7-12/h2-4,6-7,10H,5,8-9H2,1H3,(H,15,16,17). The predicted octanol–water partition coefficient (Wildman–Crippen LogP) is 2.25. The molecule has 1 aromatic heterocycles. The van der Waals surface area contributed by atoms with Crippen LogP contribution < -0.4 is 5.56 Å². The molecule has 0 saturated heterocycles. The molecule has 2 aromatic rings. The Labute approximate surface area is 101 Å². The van der Waals surface area contributed by atoms with Crippen molar-refractivity contribution in [2.75, 3.05) is 0 Å². The quantitative estimate of drug-likeness (QED) is 0.872. The van der Waals surface area contributed by atoms with Crippen LogP contribution in [0.2, 0.25) is 0 Å². The lowest BCUT2D eigenvalue weighted by Crippen LogP contribution is -2.14. The van der Waals surface area contributed by atoms with Gasteiger partial charge in [0, 0.05) is 11.8 Å². The van der Waals surface area contributed by atoms with E-state index in [-0.39, 0.29) is 5.56 Å². The number of hydrogen-bond donors (Lipinski definition) is 1. The molecule has 88 valence electrons. The summed E-state index contributed by atoms with van der Waals surface area (Å²) in [5.74, 6) is 0.668. The van der Waals surface area contributed by atoms with Crippen molar-refractivity contribution in [3.05, 3.63) is 63.8 Å². The zero-order valence-corrected chi connectivity index (χ0v) is 9.94. The maximum Gasteiger partial charge on any atom is 0.254 e. The van der Waals surface area contributed by atoms with Gasteiger partial charge in [0.2, 0.25) is 0 Å². The average Bonchev–Trinajstić information content (AvgIpc) is 2.33. The number of aromatic nitrogens is 2. The summed E-state index contributed by atoms with van der Waals surface area (Å²) < 4.78 is 0. The first-order chi connectivity index (χ1) is 8.25. The lowest BCUT2D eigenvalue weighted by Gasteiger charge is -2.01. The molecule has 1 N–H and O–H groups in total. The van der Waals surface area contributed by atoms with Crippen LogP contribution >= 0.6 is 0 Å². The minimum atomic E-state index is -0.00874. The first-order valence-corrected chi connectivity index (χ1v) is 5.84. The van der Waals surface area contributed by atoms with E-state index in [1.54, 1.807) is 13.1 Å². The summed E-state index contributed by atoms with van der Waals surface area (Å²) >= 11 is 0. The van der Waals surface area contributed by atoms with Gasteiger partial charge in [-0.2, -0.15) is 0 Å². The van der Waals surface area contributed by atoms with Gasteiger partial charge >= 0.3 is 0 Å². The SMILES string of the molecule is Cc1ncc(CCCc2ccccc2)c(=O)[nH]1. The van der Waals surface area contributed by atoms with Gasteiger partial charge in [-0.3, -0.25) is 4.79 Å². The van der Waals surface area contributed by atoms with Crippen molar-refractivity contribution in [1.29, 1.82) is 0 Å². The summed E-state index contributed by atoms with van der Waals surface area (Å²) in [5, 5.41) is 0. The molecule has 0 spiro atoms. The second-order valence-electron chi connectivity index (χ2n) is 4.16. The van der Waals surface area contributed by atoms with Gasteiger partial charge in [-0.25, -0.2) is 4.98 Å². The summed E-state index contributed by atoms with van der Waals surface area (Å²) in [6.45, 7) is 1.79. The zero-order valence-electron chi connectivity index (χ0n) is 9.94.